The normalized spacial score (nSPS) is 28.4. The van der Waals surface area contributed by atoms with Gasteiger partial charge in [0.1, 0.15) is 0 Å². The van der Waals surface area contributed by atoms with Crippen molar-refractivity contribution in [1.29, 1.82) is 0 Å². The van der Waals surface area contributed by atoms with Gasteiger partial charge >= 0.3 is 5.69 Å². The lowest BCUT2D eigenvalue weighted by atomic mass is 9.85. The summed E-state index contributed by atoms with van der Waals surface area (Å²) in [5.74, 6) is -1.20. The molecule has 3 aliphatic rings. The summed E-state index contributed by atoms with van der Waals surface area (Å²) in [4.78, 5) is 36.0. The number of fused-ring (bicyclic) bond motifs is 5. The number of hydrazone groups is 1. The van der Waals surface area contributed by atoms with E-state index in [0.29, 0.717) is 0 Å². The zero-order valence-electron chi connectivity index (χ0n) is 14.4. The summed E-state index contributed by atoms with van der Waals surface area (Å²) in [6, 6.07) is 2.63. The highest BCUT2D eigenvalue weighted by Crippen LogP contribution is 2.52. The molecule has 1 saturated carbocycles. The average molecular weight is 390 g/mol. The first-order valence-electron chi connectivity index (χ1n) is 8.63. The number of amides is 2. The summed E-state index contributed by atoms with van der Waals surface area (Å²) in [5.41, 5.74) is -0.0706. The molecule has 2 bridgehead atoms. The number of rotatable bonds is 5. The molecule has 2 aliphatic carbocycles. The van der Waals surface area contributed by atoms with Gasteiger partial charge < -0.3 is 4.74 Å². The summed E-state index contributed by atoms with van der Waals surface area (Å²) < 4.78 is 5.38. The molecule has 4 rings (SSSR count). The van der Waals surface area contributed by atoms with Crippen molar-refractivity contribution < 1.29 is 19.2 Å². The van der Waals surface area contributed by atoms with Gasteiger partial charge in [0.25, 0.3) is 11.8 Å². The van der Waals surface area contributed by atoms with E-state index in [1.807, 2.05) is 12.2 Å². The first-order valence-corrected chi connectivity index (χ1v) is 9.01. The maximum Gasteiger partial charge on any atom is 0.313 e. The average Bonchev–Trinajstić information content (AvgIpc) is 3.29. The number of imide groups is 1. The van der Waals surface area contributed by atoms with E-state index in [1.54, 1.807) is 6.92 Å². The Kier molecular flexibility index (Phi) is 4.22. The van der Waals surface area contributed by atoms with Crippen LogP contribution in [0.5, 0.6) is 5.75 Å². The van der Waals surface area contributed by atoms with Gasteiger partial charge in [-0.3, -0.25) is 19.7 Å². The molecule has 0 N–H and O–H groups in total. The van der Waals surface area contributed by atoms with E-state index >= 15 is 0 Å². The number of nitro benzene ring substituents is 1. The van der Waals surface area contributed by atoms with E-state index in [9.17, 15) is 19.7 Å². The first kappa shape index (κ1) is 17.7. The van der Waals surface area contributed by atoms with Gasteiger partial charge in [-0.15, -0.1) is 0 Å². The molecule has 0 spiro atoms. The smallest absolute Gasteiger partial charge is 0.313 e. The van der Waals surface area contributed by atoms with E-state index in [4.69, 9.17) is 16.3 Å². The van der Waals surface area contributed by atoms with Crippen molar-refractivity contribution in [3.8, 4) is 5.75 Å². The molecule has 9 heteroatoms. The van der Waals surface area contributed by atoms with Crippen molar-refractivity contribution in [3.05, 3.63) is 45.0 Å². The fourth-order valence-electron chi connectivity index (χ4n) is 4.25. The predicted molar refractivity (Wildman–Crippen MR) is 96.4 cm³/mol. The van der Waals surface area contributed by atoms with Gasteiger partial charge in [-0.05, 0) is 31.2 Å². The lowest BCUT2D eigenvalue weighted by Gasteiger charge is -2.13. The van der Waals surface area contributed by atoms with E-state index in [-0.39, 0.29) is 64.1 Å². The van der Waals surface area contributed by atoms with Crippen LogP contribution in [0.4, 0.5) is 5.69 Å². The van der Waals surface area contributed by atoms with Crippen molar-refractivity contribution in [2.45, 2.75) is 13.3 Å². The number of hydrogen-bond donors (Lipinski definition) is 0. The van der Waals surface area contributed by atoms with E-state index in [2.05, 4.69) is 5.10 Å². The van der Waals surface area contributed by atoms with E-state index in [0.717, 1.165) is 11.4 Å². The summed E-state index contributed by atoms with van der Waals surface area (Å²) in [6.07, 6.45) is 6.05. The van der Waals surface area contributed by atoms with Crippen molar-refractivity contribution in [2.24, 2.45) is 28.8 Å². The Morgan fingerprint density at radius 2 is 1.93 bits per heavy atom. The summed E-state index contributed by atoms with van der Waals surface area (Å²) >= 11 is 5.97. The zero-order chi connectivity index (χ0) is 19.3. The van der Waals surface area contributed by atoms with Crippen molar-refractivity contribution in [1.82, 2.24) is 5.01 Å². The van der Waals surface area contributed by atoms with Crippen LogP contribution < -0.4 is 4.74 Å². The van der Waals surface area contributed by atoms with Crippen LogP contribution in [0.1, 0.15) is 18.9 Å². The number of carbonyl (C=O) groups is 2. The maximum absolute atomic E-state index is 12.7. The fourth-order valence-corrected chi connectivity index (χ4v) is 4.47. The van der Waals surface area contributed by atoms with Gasteiger partial charge in [0.15, 0.2) is 0 Å². The molecular formula is C18H16ClN3O5. The Balaban J connectivity index is 1.67. The molecule has 0 radical (unpaired) electrons. The van der Waals surface area contributed by atoms with E-state index in [1.165, 1.54) is 18.3 Å². The lowest BCUT2D eigenvalue weighted by molar-refractivity contribution is -0.385. The zero-order valence-corrected chi connectivity index (χ0v) is 15.1. The second-order valence-electron chi connectivity index (χ2n) is 6.77. The minimum Gasteiger partial charge on any atom is -0.487 e. The minimum absolute atomic E-state index is 0.00308. The first-order chi connectivity index (χ1) is 12.9. The Morgan fingerprint density at radius 3 is 2.48 bits per heavy atom. The number of allylic oxidation sites excluding steroid dienone is 2. The Bertz CT molecular complexity index is 883. The van der Waals surface area contributed by atoms with E-state index < -0.39 is 4.92 Å². The van der Waals surface area contributed by atoms with Crippen LogP contribution in [0.3, 0.4) is 0 Å². The van der Waals surface area contributed by atoms with Crippen molar-refractivity contribution in [3.63, 3.8) is 0 Å². The fraction of sp³-hybridized carbons (Fsp3) is 0.389. The molecule has 4 unspecified atom stereocenters. The third-order valence-electron chi connectivity index (χ3n) is 5.31. The molecule has 140 valence electrons. The molecule has 27 heavy (non-hydrogen) atoms. The SMILES string of the molecule is CCOc1c(C=NN2C(=O)C3C4C=CC(C4)C3C2=O)cc(Cl)cc1[N+](=O)[O-]. The van der Waals surface area contributed by atoms with Crippen LogP contribution in [0.15, 0.2) is 29.4 Å². The number of carbonyl (C=O) groups excluding carboxylic acids is 2. The number of hydrogen-bond acceptors (Lipinski definition) is 6. The van der Waals surface area contributed by atoms with Crippen LogP contribution in [0, 0.1) is 33.8 Å². The molecule has 2 fully saturated rings. The van der Waals surface area contributed by atoms with Crippen LogP contribution >= 0.6 is 11.6 Å². The Labute approximate surface area is 159 Å². The third kappa shape index (κ3) is 2.71. The molecule has 1 heterocycles. The highest BCUT2D eigenvalue weighted by molar-refractivity contribution is 6.31. The van der Waals surface area contributed by atoms with Crippen molar-refractivity contribution >= 4 is 35.3 Å². The molecular weight excluding hydrogens is 374 g/mol. The molecule has 4 atom stereocenters. The largest absolute Gasteiger partial charge is 0.487 e. The van der Waals surface area contributed by atoms with Crippen LogP contribution in [0.25, 0.3) is 0 Å². The van der Waals surface area contributed by atoms with Gasteiger partial charge in [0, 0.05) is 16.7 Å². The minimum atomic E-state index is -0.603. The summed E-state index contributed by atoms with van der Waals surface area (Å²) in [7, 11) is 0. The molecule has 0 aromatic heterocycles. The summed E-state index contributed by atoms with van der Waals surface area (Å²) in [5, 5.41) is 16.3. The molecule has 1 aromatic rings. The molecule has 8 nitrogen and oxygen atoms in total. The van der Waals surface area contributed by atoms with Gasteiger partial charge in [0.2, 0.25) is 5.75 Å². The third-order valence-corrected chi connectivity index (χ3v) is 5.53. The van der Waals surface area contributed by atoms with Crippen LogP contribution in [-0.4, -0.2) is 34.6 Å². The van der Waals surface area contributed by atoms with Crippen molar-refractivity contribution in [2.75, 3.05) is 6.61 Å². The van der Waals surface area contributed by atoms with Crippen LogP contribution in [-0.2, 0) is 9.59 Å². The number of halogens is 1. The lowest BCUT2D eigenvalue weighted by Crippen LogP contribution is -2.28. The highest BCUT2D eigenvalue weighted by Gasteiger charge is 2.59. The number of nitrogens with zero attached hydrogens (tertiary/aromatic N) is 3. The molecule has 1 aliphatic heterocycles. The molecule has 1 aromatic carbocycles. The quantitative estimate of drug-likeness (QED) is 0.253. The van der Waals surface area contributed by atoms with Gasteiger partial charge in [-0.1, -0.05) is 23.8 Å². The predicted octanol–water partition coefficient (Wildman–Crippen LogP) is 2.79. The standard InChI is InChI=1S/C18H16ClN3O5/c1-2-27-16-11(6-12(19)7-13(16)22(25)26)8-20-21-17(23)14-9-3-4-10(5-9)15(14)18(21)24/h3-4,6-10,14-15H,2,5H2,1H3. The second kappa shape index (κ2) is 6.45. The summed E-state index contributed by atoms with van der Waals surface area (Å²) in [6.45, 7) is 1.89. The maximum atomic E-state index is 12.7. The number of ether oxygens (including phenoxy) is 1. The molecule has 2 amide bonds. The Morgan fingerprint density at radius 1 is 1.30 bits per heavy atom. The second-order valence-corrected chi connectivity index (χ2v) is 7.20. The topological polar surface area (TPSA) is 102 Å². The monoisotopic (exact) mass is 389 g/mol. The van der Waals surface area contributed by atoms with Gasteiger partial charge in [-0.25, -0.2) is 0 Å². The van der Waals surface area contributed by atoms with Gasteiger partial charge in [-0.2, -0.15) is 10.1 Å². The number of nitro groups is 1. The highest BCUT2D eigenvalue weighted by atomic mass is 35.5. The van der Waals surface area contributed by atoms with Gasteiger partial charge in [0.05, 0.1) is 29.6 Å². The number of benzene rings is 1. The molecule has 1 saturated heterocycles. The van der Waals surface area contributed by atoms with Crippen LogP contribution in [0.2, 0.25) is 5.02 Å². The Hall–Kier alpha value is -2.74.